The zero-order valence-corrected chi connectivity index (χ0v) is 17.7. The van der Waals surface area contributed by atoms with E-state index < -0.39 is 0 Å². The van der Waals surface area contributed by atoms with Gasteiger partial charge in [-0.2, -0.15) is 0 Å². The lowest BCUT2D eigenvalue weighted by atomic mass is 9.86. The molecule has 0 amide bonds. The van der Waals surface area contributed by atoms with Crippen LogP contribution in [0.3, 0.4) is 0 Å². The first-order valence-corrected chi connectivity index (χ1v) is 11.3. The number of halogens is 1. The summed E-state index contributed by atoms with van der Waals surface area (Å²) in [4.78, 5) is 15.4. The zero-order chi connectivity index (χ0) is 18.3. The van der Waals surface area contributed by atoms with Crippen molar-refractivity contribution in [3.05, 3.63) is 34.3 Å². The van der Waals surface area contributed by atoms with Crippen LogP contribution in [0.5, 0.6) is 0 Å². The van der Waals surface area contributed by atoms with Crippen LogP contribution in [0.25, 0.3) is 20.4 Å². The molecule has 0 N–H and O–H groups in total. The molecule has 0 aliphatic heterocycles. The van der Waals surface area contributed by atoms with Gasteiger partial charge in [0, 0.05) is 21.9 Å². The van der Waals surface area contributed by atoms with Crippen molar-refractivity contribution in [3.8, 4) is 0 Å². The Balaban J connectivity index is 1.93. The van der Waals surface area contributed by atoms with Gasteiger partial charge in [0.25, 0.3) is 0 Å². The van der Waals surface area contributed by atoms with Crippen LogP contribution in [0, 0.1) is 0 Å². The molecule has 136 valence electrons. The molecule has 3 aromatic heterocycles. The van der Waals surface area contributed by atoms with E-state index in [0.29, 0.717) is 5.92 Å². The summed E-state index contributed by atoms with van der Waals surface area (Å²) in [6.07, 6.45) is 8.52. The molecule has 1 aliphatic rings. The fourth-order valence-corrected chi connectivity index (χ4v) is 6.05. The van der Waals surface area contributed by atoms with Gasteiger partial charge in [-0.25, -0.2) is 15.0 Å². The number of fused-ring (bicyclic) bond motifs is 5. The fraction of sp³-hybridized carbons (Fsp3) is 0.450. The standard InChI is InChI=1S/C20H22ClN3S2/c1-11(2)16-14-7-5-4-6-13(14)15-17-18(26-19(15)24-16)20(23-10-22-17)25-9-8-12(3)21/h8,10-11H,4-7,9H2,1-3H3/b12-8-. The van der Waals surface area contributed by atoms with Crippen LogP contribution in [0.2, 0.25) is 0 Å². The predicted molar refractivity (Wildman–Crippen MR) is 114 cm³/mol. The number of allylic oxidation sites excluding steroid dienone is 1. The lowest BCUT2D eigenvalue weighted by molar-refractivity contribution is 0.667. The smallest absolute Gasteiger partial charge is 0.126 e. The predicted octanol–water partition coefficient (Wildman–Crippen LogP) is 6.48. The van der Waals surface area contributed by atoms with Crippen LogP contribution < -0.4 is 0 Å². The van der Waals surface area contributed by atoms with E-state index >= 15 is 0 Å². The molecule has 0 aromatic carbocycles. The Bertz CT molecular complexity index is 1000. The summed E-state index contributed by atoms with van der Waals surface area (Å²) in [6, 6.07) is 0. The van der Waals surface area contributed by atoms with E-state index in [1.807, 2.05) is 13.0 Å². The molecule has 4 rings (SSSR count). The molecule has 3 nitrogen and oxygen atoms in total. The highest BCUT2D eigenvalue weighted by Gasteiger charge is 2.24. The third kappa shape index (κ3) is 3.25. The monoisotopic (exact) mass is 403 g/mol. The van der Waals surface area contributed by atoms with Crippen LogP contribution in [-0.2, 0) is 12.8 Å². The van der Waals surface area contributed by atoms with Crippen molar-refractivity contribution in [2.45, 2.75) is 57.4 Å². The highest BCUT2D eigenvalue weighted by Crippen LogP contribution is 2.42. The third-order valence-corrected chi connectivity index (χ3v) is 7.13. The van der Waals surface area contributed by atoms with Gasteiger partial charge in [-0.1, -0.05) is 31.5 Å². The molecule has 0 saturated heterocycles. The SMILES string of the molecule is C/C(Cl)=C/CSc1ncnc2c1sc1nc(C(C)C)c3c(c12)CCCC3. The topological polar surface area (TPSA) is 38.7 Å². The number of aromatic nitrogens is 3. The molecular weight excluding hydrogens is 382 g/mol. The molecule has 0 spiro atoms. The van der Waals surface area contributed by atoms with Gasteiger partial charge >= 0.3 is 0 Å². The molecule has 0 saturated carbocycles. The second kappa shape index (κ2) is 7.45. The Morgan fingerprint density at radius 3 is 2.77 bits per heavy atom. The van der Waals surface area contributed by atoms with Crippen molar-refractivity contribution in [2.75, 3.05) is 5.75 Å². The van der Waals surface area contributed by atoms with E-state index in [9.17, 15) is 0 Å². The van der Waals surface area contributed by atoms with Crippen molar-refractivity contribution >= 4 is 55.1 Å². The average Bonchev–Trinajstić information content (AvgIpc) is 3.00. The normalized spacial score (nSPS) is 15.2. The minimum Gasteiger partial charge on any atom is -0.241 e. The Morgan fingerprint density at radius 1 is 1.27 bits per heavy atom. The van der Waals surface area contributed by atoms with Crippen LogP contribution in [0.1, 0.15) is 56.4 Å². The fourth-order valence-electron chi connectivity index (χ4n) is 3.68. The molecule has 0 radical (unpaired) electrons. The van der Waals surface area contributed by atoms with E-state index in [-0.39, 0.29) is 0 Å². The highest BCUT2D eigenvalue weighted by molar-refractivity contribution is 7.99. The van der Waals surface area contributed by atoms with Gasteiger partial charge in [0.05, 0.1) is 10.2 Å². The van der Waals surface area contributed by atoms with E-state index in [0.717, 1.165) is 43.7 Å². The number of hydrogen-bond acceptors (Lipinski definition) is 5. The second-order valence-electron chi connectivity index (χ2n) is 7.06. The minimum absolute atomic E-state index is 0.452. The molecule has 0 fully saturated rings. The number of aryl methyl sites for hydroxylation is 1. The lowest BCUT2D eigenvalue weighted by Crippen LogP contribution is -2.10. The number of hydrogen-bond donors (Lipinski definition) is 0. The largest absolute Gasteiger partial charge is 0.241 e. The third-order valence-electron chi connectivity index (χ3n) is 4.85. The molecule has 0 unspecified atom stereocenters. The molecule has 3 aromatic rings. The molecular formula is C20H22ClN3S2. The van der Waals surface area contributed by atoms with E-state index in [4.69, 9.17) is 16.6 Å². The van der Waals surface area contributed by atoms with Crippen molar-refractivity contribution in [3.63, 3.8) is 0 Å². The summed E-state index contributed by atoms with van der Waals surface area (Å²) >= 11 is 9.41. The van der Waals surface area contributed by atoms with Crippen molar-refractivity contribution < 1.29 is 0 Å². The van der Waals surface area contributed by atoms with Crippen LogP contribution in [0.15, 0.2) is 22.5 Å². The lowest BCUT2D eigenvalue weighted by Gasteiger charge is -2.21. The summed E-state index contributed by atoms with van der Waals surface area (Å²) in [7, 11) is 0. The first-order chi connectivity index (χ1) is 12.6. The molecule has 0 bridgehead atoms. The van der Waals surface area contributed by atoms with Gasteiger partial charge in [0.1, 0.15) is 16.2 Å². The minimum atomic E-state index is 0.452. The highest BCUT2D eigenvalue weighted by atomic mass is 35.5. The van der Waals surface area contributed by atoms with Crippen molar-refractivity contribution in [1.29, 1.82) is 0 Å². The summed E-state index contributed by atoms with van der Waals surface area (Å²) in [5.41, 5.74) is 5.32. The van der Waals surface area contributed by atoms with Crippen molar-refractivity contribution in [1.82, 2.24) is 15.0 Å². The van der Waals surface area contributed by atoms with Gasteiger partial charge in [0.2, 0.25) is 0 Å². The molecule has 6 heteroatoms. The number of rotatable bonds is 4. The quantitative estimate of drug-likeness (QED) is 0.369. The van der Waals surface area contributed by atoms with E-state index in [1.165, 1.54) is 35.0 Å². The first-order valence-electron chi connectivity index (χ1n) is 9.10. The molecule has 3 heterocycles. The van der Waals surface area contributed by atoms with Gasteiger partial charge in [-0.15, -0.1) is 23.1 Å². The molecule has 0 atom stereocenters. The summed E-state index contributed by atoms with van der Waals surface area (Å²) in [5.74, 6) is 1.27. The average molecular weight is 404 g/mol. The van der Waals surface area contributed by atoms with E-state index in [1.54, 1.807) is 29.4 Å². The van der Waals surface area contributed by atoms with Crippen LogP contribution in [0.4, 0.5) is 0 Å². The van der Waals surface area contributed by atoms with Gasteiger partial charge in [-0.3, -0.25) is 0 Å². The van der Waals surface area contributed by atoms with E-state index in [2.05, 4.69) is 23.8 Å². The Kier molecular flexibility index (Phi) is 5.22. The maximum atomic E-state index is 5.96. The van der Waals surface area contributed by atoms with Crippen LogP contribution >= 0.6 is 34.7 Å². The maximum Gasteiger partial charge on any atom is 0.126 e. The Hall–Kier alpha value is -1.17. The Morgan fingerprint density at radius 2 is 2.04 bits per heavy atom. The summed E-state index contributed by atoms with van der Waals surface area (Å²) < 4.78 is 1.16. The first kappa shape index (κ1) is 18.2. The van der Waals surface area contributed by atoms with Gasteiger partial charge < -0.3 is 0 Å². The van der Waals surface area contributed by atoms with Gasteiger partial charge in [-0.05, 0) is 49.7 Å². The number of thiophene rings is 1. The van der Waals surface area contributed by atoms with Crippen LogP contribution in [-0.4, -0.2) is 20.7 Å². The summed E-state index contributed by atoms with van der Waals surface area (Å²) in [5, 5.41) is 3.12. The number of thioether (sulfide) groups is 1. The number of pyridine rings is 1. The second-order valence-corrected chi connectivity index (χ2v) is 9.66. The van der Waals surface area contributed by atoms with Gasteiger partial charge in [0.15, 0.2) is 0 Å². The Labute approximate surface area is 167 Å². The molecule has 26 heavy (non-hydrogen) atoms. The van der Waals surface area contributed by atoms with Crippen molar-refractivity contribution in [2.24, 2.45) is 0 Å². The zero-order valence-electron chi connectivity index (χ0n) is 15.3. The number of nitrogens with zero attached hydrogens (tertiary/aromatic N) is 3. The maximum absolute atomic E-state index is 5.96. The summed E-state index contributed by atoms with van der Waals surface area (Å²) in [6.45, 7) is 6.40. The molecule has 1 aliphatic carbocycles.